The standard InChI is InChI=1S/C23H24F3N3O4/c1-13-10-16(11-14(2)19(13)33-22(4,5)20(30)31)15(3)29-21(32)28(12-27-29)18-8-6-17(7-9-18)23(24,25)26/h6-12,15H,1-5H3,(H,30,31). The van der Waals surface area contributed by atoms with E-state index in [9.17, 15) is 27.9 Å². The van der Waals surface area contributed by atoms with E-state index in [0.717, 1.165) is 17.7 Å². The predicted molar refractivity (Wildman–Crippen MR) is 115 cm³/mol. The highest BCUT2D eigenvalue weighted by Crippen LogP contribution is 2.32. The Labute approximate surface area is 188 Å². The zero-order valence-corrected chi connectivity index (χ0v) is 18.8. The number of nitrogens with zero attached hydrogens (tertiary/aromatic N) is 3. The van der Waals surface area contributed by atoms with Crippen LogP contribution in [0.15, 0.2) is 47.5 Å². The number of aliphatic carboxylic acids is 1. The molecule has 0 aliphatic heterocycles. The number of benzene rings is 2. The summed E-state index contributed by atoms with van der Waals surface area (Å²) >= 11 is 0. The molecule has 1 heterocycles. The monoisotopic (exact) mass is 463 g/mol. The van der Waals surface area contributed by atoms with E-state index in [0.29, 0.717) is 16.9 Å². The van der Waals surface area contributed by atoms with Gasteiger partial charge < -0.3 is 9.84 Å². The second-order valence-electron chi connectivity index (χ2n) is 8.35. The summed E-state index contributed by atoms with van der Waals surface area (Å²) in [5, 5.41) is 13.5. The lowest BCUT2D eigenvalue weighted by atomic mass is 10.0. The van der Waals surface area contributed by atoms with Crippen LogP contribution in [0.5, 0.6) is 5.75 Å². The number of carboxylic acid groups (broad SMARTS) is 1. The summed E-state index contributed by atoms with van der Waals surface area (Å²) in [4.78, 5) is 24.3. The van der Waals surface area contributed by atoms with E-state index in [4.69, 9.17) is 4.74 Å². The van der Waals surface area contributed by atoms with Gasteiger partial charge in [0, 0.05) is 0 Å². The number of aryl methyl sites for hydroxylation is 2. The lowest BCUT2D eigenvalue weighted by molar-refractivity contribution is -0.152. The summed E-state index contributed by atoms with van der Waals surface area (Å²) < 4.78 is 46.5. The third-order valence-electron chi connectivity index (χ3n) is 5.37. The highest BCUT2D eigenvalue weighted by atomic mass is 19.4. The molecule has 0 amide bonds. The van der Waals surface area contributed by atoms with Crippen LogP contribution in [0, 0.1) is 13.8 Å². The van der Waals surface area contributed by atoms with Gasteiger partial charge >= 0.3 is 17.8 Å². The average molecular weight is 463 g/mol. The molecule has 0 bridgehead atoms. The fourth-order valence-corrected chi connectivity index (χ4v) is 3.40. The number of halogens is 3. The highest BCUT2D eigenvalue weighted by molar-refractivity contribution is 5.77. The smallest absolute Gasteiger partial charge is 0.416 e. The minimum atomic E-state index is -4.46. The summed E-state index contributed by atoms with van der Waals surface area (Å²) in [5.74, 6) is -0.653. The fraction of sp³-hybridized carbons (Fsp3) is 0.348. The first-order chi connectivity index (χ1) is 15.2. The number of hydrogen-bond donors (Lipinski definition) is 1. The lowest BCUT2D eigenvalue weighted by Gasteiger charge is -2.25. The molecule has 7 nitrogen and oxygen atoms in total. The Bertz CT molecular complexity index is 1220. The van der Waals surface area contributed by atoms with E-state index >= 15 is 0 Å². The van der Waals surface area contributed by atoms with Crippen molar-refractivity contribution in [3.63, 3.8) is 0 Å². The van der Waals surface area contributed by atoms with Gasteiger partial charge in [0.1, 0.15) is 12.1 Å². The van der Waals surface area contributed by atoms with Crippen molar-refractivity contribution in [2.75, 3.05) is 0 Å². The molecule has 1 unspecified atom stereocenters. The molecule has 0 saturated heterocycles. The molecule has 3 aromatic rings. The van der Waals surface area contributed by atoms with E-state index in [-0.39, 0.29) is 5.69 Å². The minimum Gasteiger partial charge on any atom is -0.478 e. The first kappa shape index (κ1) is 24.1. The van der Waals surface area contributed by atoms with Gasteiger partial charge in [0.2, 0.25) is 0 Å². The summed E-state index contributed by atoms with van der Waals surface area (Å²) in [6.45, 7) is 8.23. The van der Waals surface area contributed by atoms with Gasteiger partial charge in [0.15, 0.2) is 5.60 Å². The number of hydrogen-bond acceptors (Lipinski definition) is 4. The van der Waals surface area contributed by atoms with Crippen molar-refractivity contribution in [2.24, 2.45) is 0 Å². The van der Waals surface area contributed by atoms with E-state index < -0.39 is 35.0 Å². The Morgan fingerprint density at radius 1 is 1.09 bits per heavy atom. The van der Waals surface area contributed by atoms with Crippen LogP contribution < -0.4 is 10.4 Å². The Morgan fingerprint density at radius 3 is 2.12 bits per heavy atom. The van der Waals surface area contributed by atoms with Crippen LogP contribution in [-0.2, 0) is 11.0 Å². The largest absolute Gasteiger partial charge is 0.478 e. The van der Waals surface area contributed by atoms with Crippen molar-refractivity contribution in [2.45, 2.75) is 52.4 Å². The molecule has 10 heteroatoms. The molecule has 1 aromatic heterocycles. The molecule has 176 valence electrons. The molecule has 3 rings (SSSR count). The van der Waals surface area contributed by atoms with Gasteiger partial charge in [-0.3, -0.25) is 0 Å². The molecule has 0 spiro atoms. The molecular weight excluding hydrogens is 439 g/mol. The van der Waals surface area contributed by atoms with E-state index in [1.807, 2.05) is 0 Å². The Kier molecular flexibility index (Phi) is 6.14. The molecule has 2 aromatic carbocycles. The number of aromatic nitrogens is 3. The topological polar surface area (TPSA) is 86.4 Å². The Balaban J connectivity index is 1.92. The maximum Gasteiger partial charge on any atom is 0.416 e. The van der Waals surface area contributed by atoms with E-state index in [1.165, 1.54) is 41.6 Å². The molecule has 0 radical (unpaired) electrons. The molecule has 0 aliphatic rings. The Hall–Kier alpha value is -3.56. The van der Waals surface area contributed by atoms with Crippen LogP contribution in [0.4, 0.5) is 13.2 Å². The molecule has 0 saturated carbocycles. The van der Waals surface area contributed by atoms with Crippen molar-refractivity contribution in [3.05, 3.63) is 75.5 Å². The van der Waals surface area contributed by atoms with Crippen LogP contribution in [0.1, 0.15) is 49.1 Å². The Morgan fingerprint density at radius 2 is 1.64 bits per heavy atom. The molecule has 0 aliphatic carbocycles. The van der Waals surface area contributed by atoms with Gasteiger partial charge in [-0.2, -0.15) is 18.3 Å². The van der Waals surface area contributed by atoms with Crippen LogP contribution >= 0.6 is 0 Å². The number of carboxylic acids is 1. The van der Waals surface area contributed by atoms with Gasteiger partial charge in [0.25, 0.3) is 0 Å². The summed E-state index contributed by atoms with van der Waals surface area (Å²) in [6, 6.07) is 7.33. The lowest BCUT2D eigenvalue weighted by Crippen LogP contribution is -2.38. The van der Waals surface area contributed by atoms with Gasteiger partial charge in [-0.05, 0) is 75.6 Å². The van der Waals surface area contributed by atoms with Crippen LogP contribution in [0.25, 0.3) is 5.69 Å². The first-order valence-corrected chi connectivity index (χ1v) is 10.1. The highest BCUT2D eigenvalue weighted by Gasteiger charge is 2.31. The van der Waals surface area contributed by atoms with Crippen LogP contribution in [-0.4, -0.2) is 31.0 Å². The zero-order valence-electron chi connectivity index (χ0n) is 18.8. The van der Waals surface area contributed by atoms with E-state index in [2.05, 4.69) is 5.10 Å². The molecule has 1 atom stereocenters. The summed E-state index contributed by atoms with van der Waals surface area (Å²) in [6.07, 6.45) is -3.21. The molecule has 33 heavy (non-hydrogen) atoms. The van der Waals surface area contributed by atoms with Crippen molar-refractivity contribution in [1.29, 1.82) is 0 Å². The van der Waals surface area contributed by atoms with Gasteiger partial charge in [0.05, 0.1) is 17.3 Å². The number of carbonyl (C=O) groups is 1. The third kappa shape index (κ3) is 4.79. The first-order valence-electron chi connectivity index (χ1n) is 10.1. The van der Waals surface area contributed by atoms with Gasteiger partial charge in [-0.25, -0.2) is 18.8 Å². The van der Waals surface area contributed by atoms with E-state index in [1.54, 1.807) is 32.9 Å². The molecule has 1 N–H and O–H groups in total. The van der Waals surface area contributed by atoms with Crippen LogP contribution in [0.2, 0.25) is 0 Å². The van der Waals surface area contributed by atoms with Crippen molar-refractivity contribution < 1.29 is 27.8 Å². The number of alkyl halides is 3. The molecule has 0 fully saturated rings. The maximum atomic E-state index is 12.9. The minimum absolute atomic E-state index is 0.262. The second-order valence-corrected chi connectivity index (χ2v) is 8.35. The van der Waals surface area contributed by atoms with Gasteiger partial charge in [-0.15, -0.1) is 0 Å². The second kappa shape index (κ2) is 8.42. The number of ether oxygens (including phenoxy) is 1. The van der Waals surface area contributed by atoms with Crippen molar-refractivity contribution in [1.82, 2.24) is 14.3 Å². The van der Waals surface area contributed by atoms with Crippen LogP contribution in [0.3, 0.4) is 0 Å². The fourth-order valence-electron chi connectivity index (χ4n) is 3.40. The molecular formula is C23H24F3N3O4. The zero-order chi connectivity index (χ0) is 24.7. The third-order valence-corrected chi connectivity index (χ3v) is 5.37. The SMILES string of the molecule is Cc1cc(C(C)n2ncn(-c3ccc(C(F)(F)F)cc3)c2=O)cc(C)c1OC(C)(C)C(=O)O. The van der Waals surface area contributed by atoms with Gasteiger partial charge in [-0.1, -0.05) is 12.1 Å². The number of rotatable bonds is 6. The van der Waals surface area contributed by atoms with Crippen molar-refractivity contribution >= 4 is 5.97 Å². The average Bonchev–Trinajstić information content (AvgIpc) is 3.10. The quantitative estimate of drug-likeness (QED) is 0.581. The predicted octanol–water partition coefficient (Wildman–Crippen LogP) is 4.52. The summed E-state index contributed by atoms with van der Waals surface area (Å²) in [5.41, 5.74) is -0.337. The maximum absolute atomic E-state index is 12.9. The normalized spacial score (nSPS) is 13.1. The summed E-state index contributed by atoms with van der Waals surface area (Å²) in [7, 11) is 0. The van der Waals surface area contributed by atoms with Crippen molar-refractivity contribution in [3.8, 4) is 11.4 Å².